The fourth-order valence-corrected chi connectivity index (χ4v) is 8.87. The molecule has 116 valence electrons. The van der Waals surface area contributed by atoms with Crippen molar-refractivity contribution < 1.29 is 9.09 Å². The predicted molar refractivity (Wildman–Crippen MR) is 94.5 cm³/mol. The van der Waals surface area contributed by atoms with Crippen LogP contribution in [0.1, 0.15) is 13.3 Å². The molecule has 22 heavy (non-hydrogen) atoms. The van der Waals surface area contributed by atoms with Gasteiger partial charge in [0.05, 0.1) is 6.61 Å². The molecular weight excluding hydrogens is 312 g/mol. The Morgan fingerprint density at radius 3 is 2.36 bits per heavy atom. The van der Waals surface area contributed by atoms with Gasteiger partial charge in [-0.3, -0.25) is 0 Å². The Balaban J connectivity index is 1.98. The molecule has 0 amide bonds. The molecule has 1 fully saturated rings. The van der Waals surface area contributed by atoms with E-state index in [0.717, 1.165) is 29.7 Å². The van der Waals surface area contributed by atoms with Crippen molar-refractivity contribution in [2.45, 2.75) is 13.3 Å². The summed E-state index contributed by atoms with van der Waals surface area (Å²) in [4.78, 5) is 0. The Labute approximate surface area is 133 Å². The van der Waals surface area contributed by atoms with Gasteiger partial charge in [-0.05, 0) is 13.3 Å². The van der Waals surface area contributed by atoms with Gasteiger partial charge in [0.1, 0.15) is 8.30 Å². The predicted octanol–water partition coefficient (Wildman–Crippen LogP) is 3.97. The second kappa shape index (κ2) is 7.06. The highest BCUT2D eigenvalue weighted by molar-refractivity contribution is 7.79. The molecule has 0 N–H and O–H groups in total. The standard InChI is InChI=1S/C17H21NO2P2/c1-2-20-21(16-10-5-3-6-11-16)18-14-9-15-22(18,19)17-12-7-4-8-13-17/h3-8,10-13H,2,9,14-15H2,1H3. The van der Waals surface area contributed by atoms with Gasteiger partial charge in [-0.15, -0.1) is 0 Å². The van der Waals surface area contributed by atoms with Crippen molar-refractivity contribution in [2.75, 3.05) is 19.3 Å². The van der Waals surface area contributed by atoms with Gasteiger partial charge in [0.25, 0.3) is 0 Å². The molecule has 2 aromatic rings. The Kier molecular flexibility index (Phi) is 5.10. The number of hydrogen-bond donors (Lipinski definition) is 0. The lowest BCUT2D eigenvalue weighted by Gasteiger charge is -2.32. The number of hydrogen-bond acceptors (Lipinski definition) is 2. The summed E-state index contributed by atoms with van der Waals surface area (Å²) in [7, 11) is -3.55. The van der Waals surface area contributed by atoms with E-state index >= 15 is 0 Å². The van der Waals surface area contributed by atoms with Gasteiger partial charge in [-0.25, -0.2) is 4.44 Å². The molecular formula is C17H21NO2P2. The van der Waals surface area contributed by atoms with Crippen LogP contribution in [0.15, 0.2) is 60.7 Å². The molecule has 1 saturated heterocycles. The monoisotopic (exact) mass is 333 g/mol. The van der Waals surface area contributed by atoms with Crippen molar-refractivity contribution in [2.24, 2.45) is 0 Å². The lowest BCUT2D eigenvalue weighted by Crippen LogP contribution is -2.23. The normalized spacial score (nSPS) is 23.5. The second-order valence-corrected chi connectivity index (χ2v) is 10.2. The number of nitrogens with zero attached hydrogens (tertiary/aromatic N) is 1. The maximum atomic E-state index is 13.7. The van der Waals surface area contributed by atoms with Crippen LogP contribution in [0.2, 0.25) is 0 Å². The quantitative estimate of drug-likeness (QED) is 0.776. The van der Waals surface area contributed by atoms with Crippen LogP contribution in [0.5, 0.6) is 0 Å². The molecule has 0 bridgehead atoms. The van der Waals surface area contributed by atoms with Gasteiger partial charge >= 0.3 is 0 Å². The van der Waals surface area contributed by atoms with Gasteiger partial charge in [-0.2, -0.15) is 0 Å². The summed E-state index contributed by atoms with van der Waals surface area (Å²) in [6.45, 7) is 3.47. The minimum Gasteiger partial charge on any atom is -0.340 e. The van der Waals surface area contributed by atoms with E-state index in [1.807, 2.05) is 55.5 Å². The maximum Gasteiger partial charge on any atom is 0.184 e. The number of benzene rings is 2. The molecule has 1 aliphatic heterocycles. The topological polar surface area (TPSA) is 29.5 Å². The lowest BCUT2D eigenvalue weighted by molar-refractivity contribution is 0.362. The molecule has 0 saturated carbocycles. The van der Waals surface area contributed by atoms with Crippen molar-refractivity contribution >= 4 is 26.2 Å². The summed E-state index contributed by atoms with van der Waals surface area (Å²) in [6.07, 6.45) is 1.71. The molecule has 0 radical (unpaired) electrons. The average Bonchev–Trinajstić information content (AvgIpc) is 2.97. The Bertz CT molecular complexity index is 648. The minimum absolute atomic E-state index is 0.631. The van der Waals surface area contributed by atoms with Crippen LogP contribution >= 0.6 is 15.6 Å². The smallest absolute Gasteiger partial charge is 0.184 e. The van der Waals surface area contributed by atoms with Crippen molar-refractivity contribution in [1.29, 1.82) is 0 Å². The Hall–Kier alpha value is -0.980. The van der Waals surface area contributed by atoms with Gasteiger partial charge in [0.2, 0.25) is 0 Å². The van der Waals surface area contributed by atoms with Crippen LogP contribution in [-0.4, -0.2) is 23.8 Å². The fraction of sp³-hybridized carbons (Fsp3) is 0.294. The highest BCUT2D eigenvalue weighted by Gasteiger charge is 2.42. The first-order valence-corrected chi connectivity index (χ1v) is 10.7. The Morgan fingerprint density at radius 1 is 1.09 bits per heavy atom. The van der Waals surface area contributed by atoms with Crippen molar-refractivity contribution in [3.8, 4) is 0 Å². The van der Waals surface area contributed by atoms with Crippen LogP contribution < -0.4 is 10.6 Å². The molecule has 5 heteroatoms. The van der Waals surface area contributed by atoms with Gasteiger partial charge < -0.3 is 9.09 Å². The zero-order valence-corrected chi connectivity index (χ0v) is 14.5. The minimum atomic E-state index is -2.55. The molecule has 3 rings (SSSR count). The second-order valence-electron chi connectivity index (χ2n) is 5.24. The zero-order valence-electron chi connectivity index (χ0n) is 12.8. The van der Waals surface area contributed by atoms with E-state index < -0.39 is 15.6 Å². The van der Waals surface area contributed by atoms with Crippen LogP contribution in [-0.2, 0) is 9.09 Å². The van der Waals surface area contributed by atoms with Crippen molar-refractivity contribution in [3.05, 3.63) is 60.7 Å². The van der Waals surface area contributed by atoms with Gasteiger partial charge in [0, 0.05) is 23.3 Å². The third-order valence-electron chi connectivity index (χ3n) is 3.79. The molecule has 0 aromatic heterocycles. The van der Waals surface area contributed by atoms with E-state index in [0.29, 0.717) is 6.61 Å². The number of rotatable bonds is 5. The average molecular weight is 333 g/mol. The van der Waals surface area contributed by atoms with E-state index in [9.17, 15) is 4.57 Å². The fourth-order valence-electron chi connectivity index (χ4n) is 2.80. The van der Waals surface area contributed by atoms with E-state index in [-0.39, 0.29) is 0 Å². The summed E-state index contributed by atoms with van der Waals surface area (Å²) in [5, 5.41) is 2.09. The molecule has 1 aliphatic rings. The molecule has 1 heterocycles. The van der Waals surface area contributed by atoms with E-state index in [1.165, 1.54) is 0 Å². The van der Waals surface area contributed by atoms with Crippen molar-refractivity contribution in [3.63, 3.8) is 0 Å². The van der Waals surface area contributed by atoms with Gasteiger partial charge in [0.15, 0.2) is 7.29 Å². The molecule has 0 spiro atoms. The van der Waals surface area contributed by atoms with E-state index in [4.69, 9.17) is 4.52 Å². The summed E-state index contributed by atoms with van der Waals surface area (Å²) in [5.41, 5.74) is 0. The maximum absolute atomic E-state index is 13.7. The van der Waals surface area contributed by atoms with Crippen LogP contribution in [0.4, 0.5) is 0 Å². The third kappa shape index (κ3) is 3.05. The highest BCUT2D eigenvalue weighted by Crippen LogP contribution is 2.64. The molecule has 2 unspecified atom stereocenters. The SMILES string of the molecule is CCOP(c1ccccc1)N1CCCP1(=O)c1ccccc1. The van der Waals surface area contributed by atoms with Crippen LogP contribution in [0.25, 0.3) is 0 Å². The Morgan fingerprint density at radius 2 is 1.73 bits per heavy atom. The molecule has 2 atom stereocenters. The van der Waals surface area contributed by atoms with E-state index in [2.05, 4.69) is 16.6 Å². The molecule has 0 aliphatic carbocycles. The van der Waals surface area contributed by atoms with Crippen LogP contribution in [0, 0.1) is 0 Å². The first-order chi connectivity index (χ1) is 10.8. The summed E-state index contributed by atoms with van der Waals surface area (Å²) in [5.74, 6) is 0. The zero-order chi connectivity index (χ0) is 15.4. The van der Waals surface area contributed by atoms with Crippen LogP contribution in [0.3, 0.4) is 0 Å². The molecule has 2 aromatic carbocycles. The summed E-state index contributed by atoms with van der Waals surface area (Å²) < 4.78 is 21.9. The molecule has 3 nitrogen and oxygen atoms in total. The summed E-state index contributed by atoms with van der Waals surface area (Å²) in [6, 6.07) is 20.1. The third-order valence-corrected chi connectivity index (χ3v) is 9.98. The lowest BCUT2D eigenvalue weighted by atomic mass is 10.4. The summed E-state index contributed by atoms with van der Waals surface area (Å²) >= 11 is 0. The van der Waals surface area contributed by atoms with Crippen molar-refractivity contribution in [1.82, 2.24) is 4.44 Å². The van der Waals surface area contributed by atoms with Gasteiger partial charge in [-0.1, -0.05) is 60.7 Å². The highest BCUT2D eigenvalue weighted by atomic mass is 31.2. The first kappa shape index (κ1) is 15.9. The van der Waals surface area contributed by atoms with E-state index in [1.54, 1.807) is 0 Å². The largest absolute Gasteiger partial charge is 0.340 e. The first-order valence-electron chi connectivity index (χ1n) is 7.66.